The van der Waals surface area contributed by atoms with Gasteiger partial charge in [-0.15, -0.1) is 0 Å². The fourth-order valence-corrected chi connectivity index (χ4v) is 2.68. The Morgan fingerprint density at radius 1 is 1.16 bits per heavy atom. The molecule has 0 amide bonds. The fourth-order valence-electron chi connectivity index (χ4n) is 2.68. The second kappa shape index (κ2) is 7.66. The number of hydrogen-bond acceptors (Lipinski definition) is 2. The Morgan fingerprint density at radius 3 is 2.37 bits per heavy atom. The zero-order valence-corrected chi connectivity index (χ0v) is 12.5. The van der Waals surface area contributed by atoms with E-state index in [4.69, 9.17) is 0 Å². The first-order chi connectivity index (χ1) is 9.31. The minimum absolute atomic E-state index is 0.967. The molecule has 1 saturated carbocycles. The summed E-state index contributed by atoms with van der Waals surface area (Å²) in [6.07, 6.45) is 5.46. The molecule has 1 aromatic carbocycles. The summed E-state index contributed by atoms with van der Waals surface area (Å²) < 4.78 is 0. The summed E-state index contributed by atoms with van der Waals surface area (Å²) in [4.78, 5) is 2.59. The Kier molecular flexibility index (Phi) is 5.87. The van der Waals surface area contributed by atoms with E-state index in [0.717, 1.165) is 32.0 Å². The van der Waals surface area contributed by atoms with E-state index in [1.165, 1.54) is 36.9 Å². The van der Waals surface area contributed by atoms with Gasteiger partial charge in [-0.3, -0.25) is 4.90 Å². The smallest absolute Gasteiger partial charge is 0.0233 e. The Hall–Kier alpha value is -0.860. The highest BCUT2D eigenvalue weighted by atomic mass is 15.1. The summed E-state index contributed by atoms with van der Waals surface area (Å²) in [5.41, 5.74) is 2.88. The second-order valence-electron chi connectivity index (χ2n) is 5.79. The van der Waals surface area contributed by atoms with Crippen molar-refractivity contribution >= 4 is 0 Å². The molecule has 1 aliphatic carbocycles. The first-order valence-corrected chi connectivity index (χ1v) is 7.76. The normalized spacial score (nSPS) is 15.7. The van der Waals surface area contributed by atoms with Crippen LogP contribution in [-0.4, -0.2) is 31.6 Å². The monoisotopic (exact) mass is 260 g/mol. The van der Waals surface area contributed by atoms with Crippen LogP contribution in [0.3, 0.4) is 0 Å². The van der Waals surface area contributed by atoms with Gasteiger partial charge in [-0.05, 0) is 56.4 Å². The van der Waals surface area contributed by atoms with Gasteiger partial charge in [0.15, 0.2) is 0 Å². The second-order valence-corrected chi connectivity index (χ2v) is 5.79. The average Bonchev–Trinajstić information content (AvgIpc) is 2.40. The number of likely N-dealkylation sites (N-methyl/N-ethyl adjacent to an activating group) is 1. The maximum absolute atomic E-state index is 3.20. The molecule has 0 aliphatic heterocycles. The van der Waals surface area contributed by atoms with Crippen LogP contribution < -0.4 is 5.32 Å². The minimum atomic E-state index is 0.967. The number of benzene rings is 1. The maximum atomic E-state index is 3.20. The van der Waals surface area contributed by atoms with Crippen molar-refractivity contribution < 1.29 is 0 Å². The zero-order chi connectivity index (χ0) is 13.5. The summed E-state index contributed by atoms with van der Waals surface area (Å²) in [5, 5.41) is 3.20. The molecular weight excluding hydrogens is 232 g/mol. The van der Waals surface area contributed by atoms with Crippen molar-refractivity contribution in [2.24, 2.45) is 5.92 Å². The van der Waals surface area contributed by atoms with Gasteiger partial charge >= 0.3 is 0 Å². The number of hydrogen-bond donors (Lipinski definition) is 1. The highest BCUT2D eigenvalue weighted by Gasteiger charge is 2.19. The molecule has 1 fully saturated rings. The van der Waals surface area contributed by atoms with Crippen molar-refractivity contribution in [3.05, 3.63) is 35.4 Å². The number of nitrogens with zero attached hydrogens (tertiary/aromatic N) is 1. The molecule has 0 radical (unpaired) electrons. The van der Waals surface area contributed by atoms with Gasteiger partial charge in [-0.2, -0.15) is 0 Å². The maximum Gasteiger partial charge on any atom is 0.0233 e. The molecule has 19 heavy (non-hydrogen) atoms. The van der Waals surface area contributed by atoms with Crippen LogP contribution in [0.1, 0.15) is 37.3 Å². The zero-order valence-electron chi connectivity index (χ0n) is 12.5. The van der Waals surface area contributed by atoms with Crippen molar-refractivity contribution in [3.63, 3.8) is 0 Å². The van der Waals surface area contributed by atoms with E-state index in [9.17, 15) is 0 Å². The predicted molar refractivity (Wildman–Crippen MR) is 82.4 cm³/mol. The van der Waals surface area contributed by atoms with Gasteiger partial charge in [-0.25, -0.2) is 0 Å². The van der Waals surface area contributed by atoms with Crippen LogP contribution in [0.2, 0.25) is 0 Å². The summed E-state index contributed by atoms with van der Waals surface area (Å²) in [7, 11) is 2.01. The lowest BCUT2D eigenvalue weighted by atomic mass is 9.85. The van der Waals surface area contributed by atoms with E-state index in [-0.39, 0.29) is 0 Å². The molecule has 0 saturated heterocycles. The predicted octanol–water partition coefficient (Wildman–Crippen LogP) is 3.07. The van der Waals surface area contributed by atoms with Gasteiger partial charge in [0.05, 0.1) is 0 Å². The Bertz CT molecular complexity index is 354. The third-order valence-electron chi connectivity index (χ3n) is 4.28. The molecule has 2 nitrogen and oxygen atoms in total. The lowest BCUT2D eigenvalue weighted by Crippen LogP contribution is -2.32. The topological polar surface area (TPSA) is 15.3 Å². The number of rotatable bonds is 8. The van der Waals surface area contributed by atoms with Crippen LogP contribution in [0.4, 0.5) is 0 Å². The van der Waals surface area contributed by atoms with Crippen molar-refractivity contribution in [1.29, 1.82) is 0 Å². The molecule has 1 aliphatic rings. The Labute approximate surface area is 118 Å². The minimum Gasteiger partial charge on any atom is -0.319 e. The van der Waals surface area contributed by atoms with Crippen molar-refractivity contribution in [2.45, 2.75) is 39.2 Å². The molecule has 0 bridgehead atoms. The third-order valence-corrected chi connectivity index (χ3v) is 4.28. The molecule has 0 unspecified atom stereocenters. The van der Waals surface area contributed by atoms with E-state index < -0.39 is 0 Å². The summed E-state index contributed by atoms with van der Waals surface area (Å²) in [6, 6.07) is 9.16. The van der Waals surface area contributed by atoms with Gasteiger partial charge < -0.3 is 5.32 Å². The standard InChI is InChI=1S/C17H28N2/c1-3-19(13-16-5-4-6-16)14-17-9-7-15(8-10-17)11-12-18-2/h7-10,16,18H,3-6,11-14H2,1-2H3. The Balaban J connectivity index is 1.82. The first-order valence-electron chi connectivity index (χ1n) is 7.76. The lowest BCUT2D eigenvalue weighted by Gasteiger charge is -2.31. The van der Waals surface area contributed by atoms with Crippen molar-refractivity contribution in [3.8, 4) is 0 Å². The average molecular weight is 260 g/mol. The van der Waals surface area contributed by atoms with Crippen molar-refractivity contribution in [2.75, 3.05) is 26.7 Å². The fraction of sp³-hybridized carbons (Fsp3) is 0.647. The molecule has 106 valence electrons. The van der Waals surface area contributed by atoms with Gasteiger partial charge in [0.2, 0.25) is 0 Å². The third kappa shape index (κ3) is 4.63. The molecule has 1 aromatic rings. The quantitative estimate of drug-likeness (QED) is 0.773. The van der Waals surface area contributed by atoms with E-state index >= 15 is 0 Å². The molecule has 0 spiro atoms. The summed E-state index contributed by atoms with van der Waals surface area (Å²) in [5.74, 6) is 0.967. The number of nitrogens with one attached hydrogen (secondary N) is 1. The van der Waals surface area contributed by atoms with Crippen LogP contribution in [-0.2, 0) is 13.0 Å². The summed E-state index contributed by atoms with van der Waals surface area (Å²) >= 11 is 0. The molecule has 2 heteroatoms. The van der Waals surface area contributed by atoms with Crippen LogP contribution >= 0.6 is 0 Å². The van der Waals surface area contributed by atoms with Crippen LogP contribution in [0.5, 0.6) is 0 Å². The van der Waals surface area contributed by atoms with E-state index in [1.807, 2.05) is 7.05 Å². The van der Waals surface area contributed by atoms with Crippen LogP contribution in [0, 0.1) is 5.92 Å². The molecule has 0 heterocycles. The van der Waals surface area contributed by atoms with Crippen molar-refractivity contribution in [1.82, 2.24) is 10.2 Å². The van der Waals surface area contributed by atoms with Gasteiger partial charge in [0.1, 0.15) is 0 Å². The summed E-state index contributed by atoms with van der Waals surface area (Å²) in [6.45, 7) is 6.90. The molecule has 0 atom stereocenters. The SMILES string of the molecule is CCN(Cc1ccc(CCNC)cc1)CC1CCC1. The molecule has 1 N–H and O–H groups in total. The van der Waals surface area contributed by atoms with E-state index in [2.05, 4.69) is 41.4 Å². The first kappa shape index (κ1) is 14.5. The van der Waals surface area contributed by atoms with E-state index in [1.54, 1.807) is 0 Å². The molecular formula is C17H28N2. The van der Waals surface area contributed by atoms with E-state index in [0.29, 0.717) is 0 Å². The van der Waals surface area contributed by atoms with Crippen LogP contribution in [0.25, 0.3) is 0 Å². The largest absolute Gasteiger partial charge is 0.319 e. The van der Waals surface area contributed by atoms with Gasteiger partial charge in [0.25, 0.3) is 0 Å². The van der Waals surface area contributed by atoms with Gasteiger partial charge in [0, 0.05) is 13.1 Å². The van der Waals surface area contributed by atoms with Crippen LogP contribution in [0.15, 0.2) is 24.3 Å². The molecule has 0 aromatic heterocycles. The highest BCUT2D eigenvalue weighted by Crippen LogP contribution is 2.27. The van der Waals surface area contributed by atoms with Gasteiger partial charge in [-0.1, -0.05) is 37.6 Å². The Morgan fingerprint density at radius 2 is 1.84 bits per heavy atom. The molecule has 2 rings (SSSR count). The highest BCUT2D eigenvalue weighted by molar-refractivity contribution is 5.22. The lowest BCUT2D eigenvalue weighted by molar-refractivity contribution is 0.178.